The lowest BCUT2D eigenvalue weighted by Crippen LogP contribution is -2.23. The normalized spacial score (nSPS) is 12.6. The van der Waals surface area contributed by atoms with Crippen LogP contribution in [-0.4, -0.2) is 18.6 Å². The second-order valence-electron chi connectivity index (χ2n) is 5.46. The zero-order valence-electron chi connectivity index (χ0n) is 13.7. The molecule has 1 unspecified atom stereocenters. The average Bonchev–Trinajstić information content (AvgIpc) is 3.00. The van der Waals surface area contributed by atoms with Crippen LogP contribution in [0, 0.1) is 0 Å². The van der Waals surface area contributed by atoms with E-state index in [-0.39, 0.29) is 30.1 Å². The van der Waals surface area contributed by atoms with Crippen molar-refractivity contribution in [3.63, 3.8) is 0 Å². The molecule has 2 rings (SSSR count). The highest BCUT2D eigenvalue weighted by molar-refractivity contribution is 14.0. The Morgan fingerprint density at radius 1 is 1.22 bits per heavy atom. The Hall–Kier alpha value is -1.28. The Bertz CT molecular complexity index is 597. The number of anilines is 1. The summed E-state index contributed by atoms with van der Waals surface area (Å²) in [5.41, 5.74) is 6.84. The lowest BCUT2D eigenvalue weighted by molar-refractivity contribution is 0.242. The standard InChI is InChI=1S/C17H23N3OS.HI/c1-12(2)21-15-8-6-14(7-9-15)20-17(18)19-11-13(3)16-5-4-10-22-16;/h4-10,12-13H,11H2,1-3H3,(H3,18,19,20);1H. The van der Waals surface area contributed by atoms with E-state index >= 15 is 0 Å². The molecular weight excluding hydrogens is 421 g/mol. The fourth-order valence-electron chi connectivity index (χ4n) is 1.97. The topological polar surface area (TPSA) is 59.6 Å². The zero-order valence-corrected chi connectivity index (χ0v) is 16.8. The highest BCUT2D eigenvalue weighted by Crippen LogP contribution is 2.21. The van der Waals surface area contributed by atoms with Crippen LogP contribution < -0.4 is 15.8 Å². The lowest BCUT2D eigenvalue weighted by Gasteiger charge is -2.11. The van der Waals surface area contributed by atoms with Gasteiger partial charge >= 0.3 is 0 Å². The molecule has 6 heteroatoms. The molecule has 0 amide bonds. The molecule has 0 aliphatic rings. The molecule has 0 saturated carbocycles. The van der Waals surface area contributed by atoms with Gasteiger partial charge in [-0.05, 0) is 49.6 Å². The first-order valence-electron chi connectivity index (χ1n) is 7.41. The second kappa shape index (κ2) is 9.77. The van der Waals surface area contributed by atoms with E-state index in [1.54, 1.807) is 11.3 Å². The Labute approximate surface area is 159 Å². The summed E-state index contributed by atoms with van der Waals surface area (Å²) in [7, 11) is 0. The van der Waals surface area contributed by atoms with Crippen LogP contribution in [0.2, 0.25) is 0 Å². The summed E-state index contributed by atoms with van der Waals surface area (Å²) in [5, 5.41) is 5.18. The number of aliphatic imine (C=N–C) groups is 1. The molecule has 0 bridgehead atoms. The van der Waals surface area contributed by atoms with E-state index in [0.717, 1.165) is 11.4 Å². The molecule has 3 N–H and O–H groups in total. The maximum absolute atomic E-state index is 5.94. The number of ether oxygens (including phenoxy) is 1. The van der Waals surface area contributed by atoms with Gasteiger partial charge in [-0.3, -0.25) is 4.99 Å². The third-order valence-corrected chi connectivity index (χ3v) is 4.17. The quantitative estimate of drug-likeness (QED) is 0.386. The third kappa shape index (κ3) is 6.78. The van der Waals surface area contributed by atoms with E-state index in [2.05, 4.69) is 34.7 Å². The Kier molecular flexibility index (Phi) is 8.40. The number of benzene rings is 1. The van der Waals surface area contributed by atoms with Crippen molar-refractivity contribution in [2.45, 2.75) is 32.8 Å². The van der Waals surface area contributed by atoms with Crippen molar-refractivity contribution in [2.24, 2.45) is 10.7 Å². The van der Waals surface area contributed by atoms with E-state index in [1.165, 1.54) is 4.88 Å². The first-order chi connectivity index (χ1) is 10.5. The van der Waals surface area contributed by atoms with Gasteiger partial charge in [0.2, 0.25) is 0 Å². The van der Waals surface area contributed by atoms with E-state index in [0.29, 0.717) is 18.4 Å². The maximum Gasteiger partial charge on any atom is 0.193 e. The molecule has 0 radical (unpaired) electrons. The molecule has 0 aliphatic heterocycles. The van der Waals surface area contributed by atoms with Crippen LogP contribution in [0.1, 0.15) is 31.6 Å². The van der Waals surface area contributed by atoms with Crippen LogP contribution >= 0.6 is 35.3 Å². The molecule has 0 saturated heterocycles. The van der Waals surface area contributed by atoms with Crippen molar-refractivity contribution in [1.29, 1.82) is 0 Å². The van der Waals surface area contributed by atoms with Crippen molar-refractivity contribution in [3.8, 4) is 5.75 Å². The second-order valence-corrected chi connectivity index (χ2v) is 6.44. The molecule has 0 fully saturated rings. The number of nitrogens with two attached hydrogens (primary N) is 1. The molecular formula is C17H24IN3OS. The van der Waals surface area contributed by atoms with Gasteiger partial charge in [0.25, 0.3) is 0 Å². The van der Waals surface area contributed by atoms with Crippen molar-refractivity contribution in [1.82, 2.24) is 0 Å². The van der Waals surface area contributed by atoms with Crippen molar-refractivity contribution in [3.05, 3.63) is 46.7 Å². The minimum absolute atomic E-state index is 0. The van der Waals surface area contributed by atoms with Crippen molar-refractivity contribution >= 4 is 47.0 Å². The van der Waals surface area contributed by atoms with Gasteiger partial charge in [-0.25, -0.2) is 0 Å². The van der Waals surface area contributed by atoms with Gasteiger partial charge in [0.1, 0.15) is 5.75 Å². The maximum atomic E-state index is 5.94. The summed E-state index contributed by atoms with van der Waals surface area (Å²) in [6.07, 6.45) is 0.171. The zero-order chi connectivity index (χ0) is 15.9. The highest BCUT2D eigenvalue weighted by atomic mass is 127. The van der Waals surface area contributed by atoms with E-state index < -0.39 is 0 Å². The van der Waals surface area contributed by atoms with Gasteiger partial charge in [-0.1, -0.05) is 13.0 Å². The number of guanidine groups is 1. The molecule has 126 valence electrons. The molecule has 23 heavy (non-hydrogen) atoms. The van der Waals surface area contributed by atoms with Gasteiger partial charge < -0.3 is 15.8 Å². The molecule has 1 aromatic carbocycles. The van der Waals surface area contributed by atoms with Crippen LogP contribution in [0.4, 0.5) is 5.69 Å². The molecule has 2 aromatic rings. The van der Waals surface area contributed by atoms with E-state index in [9.17, 15) is 0 Å². The summed E-state index contributed by atoms with van der Waals surface area (Å²) in [5.74, 6) is 1.66. The fraction of sp³-hybridized carbons (Fsp3) is 0.353. The van der Waals surface area contributed by atoms with E-state index in [4.69, 9.17) is 10.5 Å². The number of rotatable bonds is 6. The Morgan fingerprint density at radius 3 is 2.48 bits per heavy atom. The average molecular weight is 445 g/mol. The Morgan fingerprint density at radius 2 is 1.91 bits per heavy atom. The highest BCUT2D eigenvalue weighted by Gasteiger charge is 2.05. The SMILES string of the molecule is CC(C)Oc1ccc(NC(N)=NCC(C)c2cccs2)cc1.I. The van der Waals surface area contributed by atoms with Gasteiger partial charge in [0, 0.05) is 16.5 Å². The van der Waals surface area contributed by atoms with Gasteiger partial charge in [-0.15, -0.1) is 35.3 Å². The van der Waals surface area contributed by atoms with Crippen LogP contribution in [0.25, 0.3) is 0 Å². The molecule has 0 aliphatic carbocycles. The molecule has 1 atom stereocenters. The summed E-state index contributed by atoms with van der Waals surface area (Å²) in [4.78, 5) is 5.73. The fourth-order valence-corrected chi connectivity index (χ4v) is 2.75. The van der Waals surface area contributed by atoms with Crippen molar-refractivity contribution < 1.29 is 4.74 Å². The molecule has 1 heterocycles. The molecule has 1 aromatic heterocycles. The summed E-state index contributed by atoms with van der Waals surface area (Å²) < 4.78 is 5.61. The number of nitrogens with one attached hydrogen (secondary N) is 1. The van der Waals surface area contributed by atoms with Crippen LogP contribution in [0.15, 0.2) is 46.8 Å². The number of hydrogen-bond acceptors (Lipinski definition) is 3. The third-order valence-electron chi connectivity index (χ3n) is 3.06. The first-order valence-corrected chi connectivity index (χ1v) is 8.29. The van der Waals surface area contributed by atoms with Crippen LogP contribution in [0.5, 0.6) is 5.75 Å². The predicted molar refractivity (Wildman–Crippen MR) is 110 cm³/mol. The first kappa shape index (κ1) is 19.8. The number of nitrogens with zero attached hydrogens (tertiary/aromatic N) is 1. The van der Waals surface area contributed by atoms with Gasteiger partial charge in [0.05, 0.1) is 12.6 Å². The lowest BCUT2D eigenvalue weighted by atomic mass is 10.1. The summed E-state index contributed by atoms with van der Waals surface area (Å²) in [6, 6.07) is 11.9. The van der Waals surface area contributed by atoms with Crippen LogP contribution in [-0.2, 0) is 0 Å². The number of halogens is 1. The number of thiophene rings is 1. The monoisotopic (exact) mass is 445 g/mol. The van der Waals surface area contributed by atoms with Gasteiger partial charge in [-0.2, -0.15) is 0 Å². The summed E-state index contributed by atoms with van der Waals surface area (Å²) >= 11 is 1.75. The minimum atomic E-state index is 0. The molecule has 0 spiro atoms. The predicted octanol–water partition coefficient (Wildman–Crippen LogP) is 4.68. The van der Waals surface area contributed by atoms with Crippen molar-refractivity contribution in [2.75, 3.05) is 11.9 Å². The van der Waals surface area contributed by atoms with Crippen LogP contribution in [0.3, 0.4) is 0 Å². The molecule has 4 nitrogen and oxygen atoms in total. The summed E-state index contributed by atoms with van der Waals surface area (Å²) in [6.45, 7) is 6.84. The minimum Gasteiger partial charge on any atom is -0.491 e. The Balaban J connectivity index is 0.00000264. The largest absolute Gasteiger partial charge is 0.491 e. The number of hydrogen-bond donors (Lipinski definition) is 2. The van der Waals surface area contributed by atoms with E-state index in [1.807, 2.05) is 38.1 Å². The van der Waals surface area contributed by atoms with Gasteiger partial charge in [0.15, 0.2) is 5.96 Å². The smallest absolute Gasteiger partial charge is 0.193 e.